The number of ether oxygens (including phenoxy) is 1. The predicted molar refractivity (Wildman–Crippen MR) is 72.3 cm³/mol. The first-order valence-electron chi connectivity index (χ1n) is 5.28. The summed E-state index contributed by atoms with van der Waals surface area (Å²) in [6.45, 7) is 8.30. The van der Waals surface area contributed by atoms with E-state index in [-0.39, 0.29) is 23.0 Å². The van der Waals surface area contributed by atoms with Gasteiger partial charge in [0.1, 0.15) is 0 Å². The van der Waals surface area contributed by atoms with Gasteiger partial charge in [-0.1, -0.05) is 13.2 Å². The van der Waals surface area contributed by atoms with Gasteiger partial charge in [-0.2, -0.15) is 4.79 Å². The van der Waals surface area contributed by atoms with Crippen molar-refractivity contribution in [3.63, 3.8) is 0 Å². The molecule has 8 heteroatoms. The molecule has 0 saturated carbocycles. The molecule has 20 heavy (non-hydrogen) atoms. The zero-order chi connectivity index (χ0) is 16.1. The van der Waals surface area contributed by atoms with Crippen molar-refractivity contribution in [2.75, 3.05) is 27.7 Å². The van der Waals surface area contributed by atoms with Crippen molar-refractivity contribution >= 4 is 18.0 Å². The van der Waals surface area contributed by atoms with Crippen molar-refractivity contribution in [3.05, 3.63) is 25.3 Å². The monoisotopic (exact) mass is 310 g/mol. The summed E-state index contributed by atoms with van der Waals surface area (Å²) in [7, 11) is 5.33. The molecule has 0 unspecified atom stereocenters. The summed E-state index contributed by atoms with van der Waals surface area (Å²) in [4.78, 5) is 29.5. The van der Waals surface area contributed by atoms with Gasteiger partial charge in [-0.25, -0.2) is 9.28 Å². The highest BCUT2D eigenvalue weighted by Crippen LogP contribution is 1.94. The van der Waals surface area contributed by atoms with Crippen molar-refractivity contribution in [2.45, 2.75) is 6.92 Å². The third kappa shape index (κ3) is 29.8. The van der Waals surface area contributed by atoms with Gasteiger partial charge in [-0.05, 0) is 13.0 Å². The van der Waals surface area contributed by atoms with Gasteiger partial charge < -0.3 is 28.0 Å². The van der Waals surface area contributed by atoms with Gasteiger partial charge in [0.05, 0.1) is 27.7 Å². The number of carboxylic acids is 1. The van der Waals surface area contributed by atoms with Crippen LogP contribution in [-0.4, -0.2) is 55.3 Å². The highest BCUT2D eigenvalue weighted by atomic mass is 35.5. The lowest BCUT2D eigenvalue weighted by molar-refractivity contribution is -0.795. The molecule has 0 rings (SSSR count). The third-order valence-corrected chi connectivity index (χ3v) is 1.19. The maximum Gasteiger partial charge on any atom is 0.515 e. The SMILES string of the molecule is C=CC(=O)O.C=CC(N)=O.CCOC(=O)[N+](C)(C)C.[Cl-]. The molecule has 0 aliphatic carbocycles. The van der Waals surface area contributed by atoms with Crippen LogP contribution in [0.25, 0.3) is 0 Å². The van der Waals surface area contributed by atoms with Crippen molar-refractivity contribution in [1.29, 1.82) is 0 Å². The minimum atomic E-state index is -0.981. The van der Waals surface area contributed by atoms with Crippen LogP contribution in [0.5, 0.6) is 0 Å². The maximum absolute atomic E-state index is 10.8. The molecule has 0 atom stereocenters. The molecule has 0 heterocycles. The second-order valence-electron chi connectivity index (χ2n) is 3.86. The molecule has 0 radical (unpaired) electrons. The van der Waals surface area contributed by atoms with Gasteiger partial charge in [0, 0.05) is 6.08 Å². The molecule has 0 aromatic heterocycles. The van der Waals surface area contributed by atoms with Gasteiger partial charge in [-0.3, -0.25) is 4.79 Å². The molecule has 3 N–H and O–H groups in total. The minimum Gasteiger partial charge on any atom is -1.00 e. The summed E-state index contributed by atoms with van der Waals surface area (Å²) in [5.41, 5.74) is 4.53. The molecule has 0 aromatic rings. The van der Waals surface area contributed by atoms with Crippen LogP contribution in [0.1, 0.15) is 6.92 Å². The average Bonchev–Trinajstić information content (AvgIpc) is 2.29. The number of carbonyl (C=O) groups is 3. The Morgan fingerprint density at radius 3 is 1.55 bits per heavy atom. The number of hydrogen-bond acceptors (Lipinski definition) is 4. The number of rotatable bonds is 3. The van der Waals surface area contributed by atoms with Gasteiger partial charge in [0.2, 0.25) is 5.91 Å². The number of hydrogen-bond donors (Lipinski definition) is 2. The van der Waals surface area contributed by atoms with Crippen LogP contribution in [0.15, 0.2) is 25.3 Å². The zero-order valence-corrected chi connectivity index (χ0v) is 13.0. The van der Waals surface area contributed by atoms with Gasteiger partial charge in [0.15, 0.2) is 0 Å². The maximum atomic E-state index is 10.8. The quantitative estimate of drug-likeness (QED) is 0.453. The van der Waals surface area contributed by atoms with Gasteiger partial charge >= 0.3 is 12.1 Å². The van der Waals surface area contributed by atoms with Crippen LogP contribution in [0.3, 0.4) is 0 Å². The Bertz CT molecular complexity index is 306. The zero-order valence-electron chi connectivity index (χ0n) is 12.3. The topological polar surface area (TPSA) is 107 Å². The minimum absolute atomic E-state index is 0. The lowest BCUT2D eigenvalue weighted by Crippen LogP contribution is -3.00. The van der Waals surface area contributed by atoms with E-state index in [1.165, 1.54) is 0 Å². The molecule has 118 valence electrons. The highest BCUT2D eigenvalue weighted by molar-refractivity contribution is 5.84. The lowest BCUT2D eigenvalue weighted by atomic mass is 10.6. The molecule has 0 fully saturated rings. The molecule has 0 aliphatic rings. The fourth-order valence-corrected chi connectivity index (χ4v) is 0.317. The fraction of sp³-hybridized carbons (Fsp3) is 0.417. The van der Waals surface area contributed by atoms with Crippen molar-refractivity contribution < 1.29 is 41.1 Å². The normalized spacial score (nSPS) is 8.20. The molecule has 0 spiro atoms. The average molecular weight is 311 g/mol. The van der Waals surface area contributed by atoms with Crippen LogP contribution < -0.4 is 18.1 Å². The summed E-state index contributed by atoms with van der Waals surface area (Å²) in [6.07, 6.45) is 1.69. The van der Waals surface area contributed by atoms with Crippen LogP contribution in [0.2, 0.25) is 0 Å². The molecular weight excluding hydrogens is 288 g/mol. The second kappa shape index (κ2) is 15.2. The Balaban J connectivity index is -0.000000101. The molecule has 0 saturated heterocycles. The molecule has 7 nitrogen and oxygen atoms in total. The van der Waals surface area contributed by atoms with Crippen molar-refractivity contribution in [2.24, 2.45) is 5.73 Å². The number of nitrogens with two attached hydrogens (primary N) is 1. The number of primary amides is 1. The molecule has 2 amide bonds. The van der Waals surface area contributed by atoms with E-state index in [2.05, 4.69) is 18.9 Å². The van der Waals surface area contributed by atoms with E-state index in [0.717, 1.165) is 12.2 Å². The summed E-state index contributed by atoms with van der Waals surface area (Å²) >= 11 is 0. The Morgan fingerprint density at radius 1 is 1.20 bits per heavy atom. The van der Waals surface area contributed by atoms with Crippen LogP contribution in [-0.2, 0) is 14.3 Å². The largest absolute Gasteiger partial charge is 1.00 e. The van der Waals surface area contributed by atoms with E-state index in [9.17, 15) is 14.4 Å². The number of halogens is 1. The van der Waals surface area contributed by atoms with Crippen LogP contribution in [0.4, 0.5) is 4.79 Å². The molecule has 0 aromatic carbocycles. The first kappa shape index (κ1) is 26.7. The number of carboxylic acid groups (broad SMARTS) is 1. The lowest BCUT2D eigenvalue weighted by Gasteiger charge is -2.18. The highest BCUT2D eigenvalue weighted by Gasteiger charge is 2.21. The number of carbonyl (C=O) groups excluding carboxylic acids is 2. The van der Waals surface area contributed by atoms with E-state index in [1.54, 1.807) is 28.1 Å². The van der Waals surface area contributed by atoms with E-state index in [0.29, 0.717) is 6.61 Å². The summed E-state index contributed by atoms with van der Waals surface area (Å²) < 4.78 is 4.97. The molecule has 0 bridgehead atoms. The summed E-state index contributed by atoms with van der Waals surface area (Å²) in [5, 5.41) is 7.60. The van der Waals surface area contributed by atoms with Crippen molar-refractivity contribution in [3.8, 4) is 0 Å². The van der Waals surface area contributed by atoms with Crippen molar-refractivity contribution in [1.82, 2.24) is 0 Å². The van der Waals surface area contributed by atoms with Crippen LogP contribution in [0, 0.1) is 0 Å². The Hall–Kier alpha value is -1.86. The Morgan fingerprint density at radius 2 is 1.50 bits per heavy atom. The Labute approximate surface area is 125 Å². The molecular formula is C12H23ClN2O5. The smallest absolute Gasteiger partial charge is 0.515 e. The number of nitrogens with zero attached hydrogens (tertiary/aromatic N) is 1. The number of amides is 2. The third-order valence-electron chi connectivity index (χ3n) is 1.19. The standard InChI is InChI=1S/C6H14NO2.C3H5NO.C3H4O2.ClH/c1-5-9-6(8)7(2,3)4;2*1-2-3(4)5;/h5H2,1-4H3;2H,1H2,(H2,4,5);2H,1H2,(H,4,5);1H/q+1;;;/p-1. The fourth-order valence-electron chi connectivity index (χ4n) is 0.317. The van der Waals surface area contributed by atoms with Gasteiger partial charge in [-0.15, -0.1) is 0 Å². The van der Waals surface area contributed by atoms with Gasteiger partial charge in [0.25, 0.3) is 0 Å². The van der Waals surface area contributed by atoms with E-state index >= 15 is 0 Å². The number of quaternary nitrogens is 1. The summed E-state index contributed by atoms with van der Waals surface area (Å²) in [5.74, 6) is -1.46. The summed E-state index contributed by atoms with van der Waals surface area (Å²) in [6, 6.07) is 0. The number of aliphatic carboxylic acids is 1. The van der Waals surface area contributed by atoms with E-state index in [4.69, 9.17) is 9.84 Å². The van der Waals surface area contributed by atoms with E-state index < -0.39 is 11.9 Å². The first-order valence-corrected chi connectivity index (χ1v) is 5.28. The predicted octanol–water partition coefficient (Wildman–Crippen LogP) is -2.23. The van der Waals surface area contributed by atoms with E-state index in [1.807, 2.05) is 0 Å². The Kier molecular flexibility index (Phi) is 20.3. The van der Waals surface area contributed by atoms with Crippen LogP contribution >= 0.6 is 0 Å². The second-order valence-corrected chi connectivity index (χ2v) is 3.86. The molecule has 0 aliphatic heterocycles. The first-order chi connectivity index (χ1) is 8.52.